The van der Waals surface area contributed by atoms with E-state index >= 15 is 0 Å². The van der Waals surface area contributed by atoms with Crippen molar-refractivity contribution in [3.05, 3.63) is 114 Å². The van der Waals surface area contributed by atoms with Crippen LogP contribution in [-0.2, 0) is 12.8 Å². The van der Waals surface area contributed by atoms with E-state index in [1.165, 1.54) is 22.5 Å². The molecule has 0 saturated heterocycles. The summed E-state index contributed by atoms with van der Waals surface area (Å²) in [6.07, 6.45) is 2.00. The van der Waals surface area contributed by atoms with E-state index in [1.54, 1.807) is 0 Å². The SMILES string of the molecule is N=c1oc2cc(N3c4ccccc4CCc4ccccc43)ccc2cc1-c1nc2ccccc2[nH]1. The third-order valence-electron chi connectivity index (χ3n) is 6.79. The predicted molar refractivity (Wildman–Crippen MR) is 139 cm³/mol. The normalized spacial score (nSPS) is 13.0. The molecule has 0 radical (unpaired) electrons. The highest BCUT2D eigenvalue weighted by atomic mass is 16.3. The van der Waals surface area contributed by atoms with Crippen molar-refractivity contribution in [2.75, 3.05) is 4.90 Å². The van der Waals surface area contributed by atoms with Gasteiger partial charge in [0.15, 0.2) is 0 Å². The highest BCUT2D eigenvalue weighted by molar-refractivity contribution is 5.89. The lowest BCUT2D eigenvalue weighted by molar-refractivity contribution is 0.535. The highest BCUT2D eigenvalue weighted by Crippen LogP contribution is 2.42. The Hall–Kier alpha value is -4.64. The number of anilines is 3. The Bertz CT molecular complexity index is 1720. The van der Waals surface area contributed by atoms with E-state index in [2.05, 4.69) is 75.5 Å². The summed E-state index contributed by atoms with van der Waals surface area (Å²) in [6.45, 7) is 0. The number of hydrogen-bond acceptors (Lipinski definition) is 4. The second-order valence-electron chi connectivity index (χ2n) is 8.91. The Balaban J connectivity index is 1.39. The number of imidazole rings is 1. The lowest BCUT2D eigenvalue weighted by Crippen LogP contribution is -2.12. The maximum Gasteiger partial charge on any atom is 0.223 e. The first kappa shape index (κ1) is 19.8. The number of hydrogen-bond donors (Lipinski definition) is 2. The Morgan fingerprint density at radius 2 is 1.46 bits per heavy atom. The zero-order valence-electron chi connectivity index (χ0n) is 19.0. The van der Waals surface area contributed by atoms with Crippen LogP contribution in [0.5, 0.6) is 0 Å². The number of para-hydroxylation sites is 4. The summed E-state index contributed by atoms with van der Waals surface area (Å²) in [5, 5.41) is 9.54. The van der Waals surface area contributed by atoms with Crippen molar-refractivity contribution in [2.24, 2.45) is 0 Å². The van der Waals surface area contributed by atoms with Crippen molar-refractivity contribution in [1.29, 1.82) is 5.41 Å². The van der Waals surface area contributed by atoms with Crippen LogP contribution in [0.15, 0.2) is 101 Å². The lowest BCUT2D eigenvalue weighted by Gasteiger charge is -2.27. The topological polar surface area (TPSA) is 68.9 Å². The molecule has 0 fully saturated rings. The van der Waals surface area contributed by atoms with E-state index in [9.17, 15) is 0 Å². The molecule has 0 aliphatic carbocycles. The third kappa shape index (κ3) is 3.24. The molecule has 4 aromatic carbocycles. The van der Waals surface area contributed by atoms with E-state index in [4.69, 9.17) is 9.83 Å². The quantitative estimate of drug-likeness (QED) is 0.295. The molecule has 168 valence electrons. The zero-order valence-corrected chi connectivity index (χ0v) is 19.0. The molecule has 35 heavy (non-hydrogen) atoms. The van der Waals surface area contributed by atoms with E-state index in [1.807, 2.05) is 36.4 Å². The summed E-state index contributed by atoms with van der Waals surface area (Å²) >= 11 is 0. The molecule has 0 atom stereocenters. The molecule has 7 rings (SSSR count). The fourth-order valence-electron chi connectivity index (χ4n) is 5.07. The second kappa shape index (κ2) is 7.71. The molecule has 0 spiro atoms. The van der Waals surface area contributed by atoms with Gasteiger partial charge in [0, 0.05) is 28.5 Å². The molecule has 0 bridgehead atoms. The lowest BCUT2D eigenvalue weighted by atomic mass is 10.0. The van der Waals surface area contributed by atoms with Gasteiger partial charge in [-0.2, -0.15) is 0 Å². The number of fused-ring (bicyclic) bond motifs is 4. The van der Waals surface area contributed by atoms with Crippen molar-refractivity contribution in [3.8, 4) is 11.4 Å². The van der Waals surface area contributed by atoms with Gasteiger partial charge in [0.05, 0.1) is 16.6 Å². The van der Waals surface area contributed by atoms with E-state index in [-0.39, 0.29) is 5.55 Å². The number of aryl methyl sites for hydroxylation is 2. The van der Waals surface area contributed by atoms with Gasteiger partial charge in [0.25, 0.3) is 0 Å². The molecule has 2 N–H and O–H groups in total. The number of aromatic nitrogens is 2. The zero-order chi connectivity index (χ0) is 23.4. The standard InChI is InChI=1S/C30H22N4O/c31-29-23(30-32-24-9-3-4-10-25(24)33-30)17-21-15-16-22(18-28(21)35-29)34-26-11-5-1-7-19(26)13-14-20-8-2-6-12-27(20)34/h1-12,15-18,31H,13-14H2,(H,32,33). The summed E-state index contributed by atoms with van der Waals surface area (Å²) < 4.78 is 6.06. The minimum absolute atomic E-state index is 0.0883. The first-order chi connectivity index (χ1) is 17.2. The number of benzene rings is 4. The second-order valence-corrected chi connectivity index (χ2v) is 8.91. The van der Waals surface area contributed by atoms with E-state index < -0.39 is 0 Å². The van der Waals surface area contributed by atoms with Crippen LogP contribution in [0.4, 0.5) is 17.1 Å². The van der Waals surface area contributed by atoms with Crippen molar-refractivity contribution >= 4 is 39.1 Å². The molecule has 1 aliphatic heterocycles. The summed E-state index contributed by atoms with van der Waals surface area (Å²) in [7, 11) is 0. The van der Waals surface area contributed by atoms with Crippen LogP contribution in [0.1, 0.15) is 11.1 Å². The summed E-state index contributed by atoms with van der Waals surface area (Å²) in [4.78, 5) is 10.3. The first-order valence-corrected chi connectivity index (χ1v) is 11.8. The fraction of sp³-hybridized carbons (Fsp3) is 0.0667. The molecule has 0 saturated carbocycles. The van der Waals surface area contributed by atoms with Gasteiger partial charge in [0.1, 0.15) is 11.4 Å². The van der Waals surface area contributed by atoms with Crippen LogP contribution in [0.25, 0.3) is 33.4 Å². The van der Waals surface area contributed by atoms with Gasteiger partial charge in [-0.05, 0) is 66.4 Å². The van der Waals surface area contributed by atoms with Crippen molar-refractivity contribution in [2.45, 2.75) is 12.8 Å². The molecule has 1 aliphatic rings. The van der Waals surface area contributed by atoms with E-state index in [0.29, 0.717) is 17.0 Å². The van der Waals surface area contributed by atoms with Crippen LogP contribution in [0.2, 0.25) is 0 Å². The minimum Gasteiger partial charge on any atom is -0.438 e. The van der Waals surface area contributed by atoms with Gasteiger partial charge in [-0.1, -0.05) is 48.5 Å². The van der Waals surface area contributed by atoms with Gasteiger partial charge in [0.2, 0.25) is 5.55 Å². The maximum atomic E-state index is 8.61. The molecule has 2 aromatic heterocycles. The number of rotatable bonds is 2. The number of nitrogens with one attached hydrogen (secondary N) is 2. The molecular formula is C30H22N4O. The van der Waals surface area contributed by atoms with Crippen molar-refractivity contribution in [3.63, 3.8) is 0 Å². The van der Waals surface area contributed by atoms with Crippen molar-refractivity contribution in [1.82, 2.24) is 9.97 Å². The molecule has 5 nitrogen and oxygen atoms in total. The van der Waals surface area contributed by atoms with Crippen LogP contribution in [-0.4, -0.2) is 9.97 Å². The largest absolute Gasteiger partial charge is 0.438 e. The summed E-state index contributed by atoms with van der Waals surface area (Å²) in [6, 6.07) is 33.2. The molecule has 5 heteroatoms. The van der Waals surface area contributed by atoms with Gasteiger partial charge < -0.3 is 14.3 Å². The summed E-state index contributed by atoms with van der Waals surface area (Å²) in [5.74, 6) is 0.640. The smallest absolute Gasteiger partial charge is 0.223 e. The summed E-state index contributed by atoms with van der Waals surface area (Å²) in [5.41, 5.74) is 9.24. The average Bonchev–Trinajstić information content (AvgIpc) is 3.25. The Kier molecular flexibility index (Phi) is 4.36. The first-order valence-electron chi connectivity index (χ1n) is 11.8. The van der Waals surface area contributed by atoms with Gasteiger partial charge in [-0.15, -0.1) is 0 Å². The van der Waals surface area contributed by atoms with Gasteiger partial charge >= 0.3 is 0 Å². The van der Waals surface area contributed by atoms with E-state index in [0.717, 1.165) is 34.9 Å². The molecule has 0 unspecified atom stereocenters. The Morgan fingerprint density at radius 3 is 2.20 bits per heavy atom. The van der Waals surface area contributed by atoms with Crippen LogP contribution >= 0.6 is 0 Å². The molecule has 3 heterocycles. The highest BCUT2D eigenvalue weighted by Gasteiger charge is 2.22. The maximum absolute atomic E-state index is 8.61. The number of aromatic amines is 1. The Labute approximate surface area is 201 Å². The fourth-order valence-corrected chi connectivity index (χ4v) is 5.07. The van der Waals surface area contributed by atoms with Crippen LogP contribution in [0, 0.1) is 5.41 Å². The van der Waals surface area contributed by atoms with Crippen LogP contribution in [0.3, 0.4) is 0 Å². The monoisotopic (exact) mass is 454 g/mol. The van der Waals surface area contributed by atoms with Gasteiger partial charge in [-0.3, -0.25) is 5.41 Å². The Morgan fingerprint density at radius 1 is 0.771 bits per heavy atom. The molecule has 0 amide bonds. The van der Waals surface area contributed by atoms with Crippen molar-refractivity contribution < 1.29 is 4.42 Å². The molecular weight excluding hydrogens is 432 g/mol. The third-order valence-corrected chi connectivity index (χ3v) is 6.79. The number of H-pyrrole nitrogens is 1. The van der Waals surface area contributed by atoms with Crippen LogP contribution < -0.4 is 10.5 Å². The van der Waals surface area contributed by atoms with Gasteiger partial charge in [-0.25, -0.2) is 4.98 Å². The average molecular weight is 455 g/mol. The minimum atomic E-state index is 0.0883. The predicted octanol–water partition coefficient (Wildman–Crippen LogP) is 7.02. The molecule has 6 aromatic rings. The number of nitrogens with zero attached hydrogens (tertiary/aromatic N) is 2.